The van der Waals surface area contributed by atoms with Gasteiger partial charge in [0.1, 0.15) is 11.6 Å². The lowest BCUT2D eigenvalue weighted by atomic mass is 9.87. The molecule has 7 heteroatoms. The Morgan fingerprint density at radius 3 is 2.54 bits per heavy atom. The molecule has 1 atom stereocenters. The normalized spacial score (nSPS) is 22.0. The largest absolute Gasteiger partial charge is 0.342 e. The van der Waals surface area contributed by atoms with E-state index in [2.05, 4.69) is 15.7 Å². The second-order valence-corrected chi connectivity index (χ2v) is 6.81. The molecule has 2 saturated heterocycles. The molecule has 7 nitrogen and oxygen atoms in total. The van der Waals surface area contributed by atoms with Gasteiger partial charge in [-0.2, -0.15) is 5.10 Å². The quantitative estimate of drug-likeness (QED) is 0.840. The summed E-state index contributed by atoms with van der Waals surface area (Å²) in [6.07, 6.45) is 8.15. The predicted octanol–water partition coefficient (Wildman–Crippen LogP) is 0.479. The molecule has 0 bridgehead atoms. The Morgan fingerprint density at radius 2 is 1.92 bits per heavy atom. The number of rotatable bonds is 4. The van der Waals surface area contributed by atoms with Gasteiger partial charge < -0.3 is 15.5 Å². The zero-order valence-electron chi connectivity index (χ0n) is 14.3. The molecule has 132 valence electrons. The third-order valence-electron chi connectivity index (χ3n) is 5.18. The van der Waals surface area contributed by atoms with Crippen LogP contribution in [0, 0.1) is 0 Å². The Kier molecular flexibility index (Phi) is 5.18. The van der Waals surface area contributed by atoms with Gasteiger partial charge in [-0.1, -0.05) is 0 Å². The first-order chi connectivity index (χ1) is 11.6. The number of hydrogen-bond donors (Lipinski definition) is 2. The monoisotopic (exact) mass is 333 g/mol. The van der Waals surface area contributed by atoms with E-state index in [-0.39, 0.29) is 11.8 Å². The van der Waals surface area contributed by atoms with Crippen LogP contribution in [0.25, 0.3) is 0 Å². The van der Waals surface area contributed by atoms with Crippen LogP contribution in [0.2, 0.25) is 0 Å². The molecule has 2 fully saturated rings. The van der Waals surface area contributed by atoms with Gasteiger partial charge in [0.05, 0.1) is 0 Å². The number of piperidine rings is 2. The highest BCUT2D eigenvalue weighted by atomic mass is 16.2. The summed E-state index contributed by atoms with van der Waals surface area (Å²) in [7, 11) is 0. The van der Waals surface area contributed by atoms with E-state index in [4.69, 9.17) is 0 Å². The van der Waals surface area contributed by atoms with Crippen molar-refractivity contribution < 1.29 is 9.59 Å². The smallest absolute Gasteiger partial charge is 0.248 e. The predicted molar refractivity (Wildman–Crippen MR) is 90.3 cm³/mol. The minimum absolute atomic E-state index is 0.0209. The Morgan fingerprint density at radius 1 is 1.21 bits per heavy atom. The van der Waals surface area contributed by atoms with Gasteiger partial charge in [0.15, 0.2) is 0 Å². The highest BCUT2D eigenvalue weighted by Crippen LogP contribution is 2.27. The molecule has 0 spiro atoms. The van der Waals surface area contributed by atoms with E-state index in [0.717, 1.165) is 39.0 Å². The number of aromatic nitrogens is 2. The van der Waals surface area contributed by atoms with Gasteiger partial charge in [-0.05, 0) is 58.2 Å². The molecule has 3 rings (SSSR count). The van der Waals surface area contributed by atoms with Crippen LogP contribution in [0.3, 0.4) is 0 Å². The second kappa shape index (κ2) is 7.34. The molecule has 2 amide bonds. The third-order valence-corrected chi connectivity index (χ3v) is 5.18. The number of nitrogens with zero attached hydrogens (tertiary/aromatic N) is 3. The van der Waals surface area contributed by atoms with Crippen LogP contribution in [0.15, 0.2) is 18.5 Å². The molecule has 0 saturated carbocycles. The standard InChI is InChI=1S/C17H27N5O2/c1-14(15(23)21-11-3-2-4-12-21)20-16(24)17(6-9-18-10-7-17)22-13-5-8-19-22/h5,8,13-14,18H,2-4,6-7,9-12H2,1H3,(H,20,24). The van der Waals surface area contributed by atoms with Crippen molar-refractivity contribution in [2.24, 2.45) is 0 Å². The van der Waals surface area contributed by atoms with Crippen molar-refractivity contribution in [1.29, 1.82) is 0 Å². The fourth-order valence-electron chi connectivity index (χ4n) is 3.70. The molecule has 24 heavy (non-hydrogen) atoms. The lowest BCUT2D eigenvalue weighted by molar-refractivity contribution is -0.140. The van der Waals surface area contributed by atoms with Gasteiger partial charge in [0, 0.05) is 25.5 Å². The molecular formula is C17H27N5O2. The molecule has 3 heterocycles. The molecule has 0 radical (unpaired) electrons. The van der Waals surface area contributed by atoms with E-state index < -0.39 is 11.6 Å². The molecule has 2 N–H and O–H groups in total. The van der Waals surface area contributed by atoms with Crippen LogP contribution >= 0.6 is 0 Å². The second-order valence-electron chi connectivity index (χ2n) is 6.81. The molecule has 0 aliphatic carbocycles. The van der Waals surface area contributed by atoms with E-state index in [1.54, 1.807) is 17.8 Å². The fourth-order valence-corrected chi connectivity index (χ4v) is 3.70. The van der Waals surface area contributed by atoms with Crippen LogP contribution in [0.4, 0.5) is 0 Å². The van der Waals surface area contributed by atoms with Crippen molar-refractivity contribution in [2.45, 2.75) is 50.6 Å². The van der Waals surface area contributed by atoms with E-state index in [1.807, 2.05) is 17.2 Å². The number of nitrogens with one attached hydrogen (secondary N) is 2. The minimum atomic E-state index is -0.703. The van der Waals surface area contributed by atoms with E-state index >= 15 is 0 Å². The Hall–Kier alpha value is -1.89. The van der Waals surface area contributed by atoms with Crippen LogP contribution < -0.4 is 10.6 Å². The molecule has 2 aliphatic rings. The summed E-state index contributed by atoms with van der Waals surface area (Å²) >= 11 is 0. The Balaban J connectivity index is 1.70. The van der Waals surface area contributed by atoms with Crippen molar-refractivity contribution in [3.63, 3.8) is 0 Å². The van der Waals surface area contributed by atoms with Crippen molar-refractivity contribution in [2.75, 3.05) is 26.2 Å². The highest BCUT2D eigenvalue weighted by Gasteiger charge is 2.43. The zero-order chi connectivity index (χ0) is 17.0. The summed E-state index contributed by atoms with van der Waals surface area (Å²) in [5.74, 6) is -0.0850. The lowest BCUT2D eigenvalue weighted by Gasteiger charge is -2.37. The fraction of sp³-hybridized carbons (Fsp3) is 0.706. The Labute approximate surface area is 142 Å². The topological polar surface area (TPSA) is 79.3 Å². The molecule has 2 aliphatic heterocycles. The van der Waals surface area contributed by atoms with Crippen LogP contribution in [-0.4, -0.2) is 58.7 Å². The first-order valence-corrected chi connectivity index (χ1v) is 8.94. The van der Waals surface area contributed by atoms with Crippen LogP contribution in [-0.2, 0) is 15.1 Å². The zero-order valence-corrected chi connectivity index (χ0v) is 14.3. The van der Waals surface area contributed by atoms with Gasteiger partial charge in [0.25, 0.3) is 0 Å². The average molecular weight is 333 g/mol. The number of carbonyl (C=O) groups excluding carboxylic acids is 2. The van der Waals surface area contributed by atoms with Gasteiger partial charge >= 0.3 is 0 Å². The summed E-state index contributed by atoms with van der Waals surface area (Å²) in [5, 5.41) is 10.6. The maximum atomic E-state index is 13.0. The summed E-state index contributed by atoms with van der Waals surface area (Å²) in [6, 6.07) is 1.33. The van der Waals surface area contributed by atoms with E-state index in [1.165, 1.54) is 6.42 Å². The summed E-state index contributed by atoms with van der Waals surface area (Å²) in [4.78, 5) is 27.5. The Bertz CT molecular complexity index is 560. The summed E-state index contributed by atoms with van der Waals surface area (Å²) in [5.41, 5.74) is -0.703. The minimum Gasteiger partial charge on any atom is -0.342 e. The summed E-state index contributed by atoms with van der Waals surface area (Å²) in [6.45, 7) is 4.91. The number of amides is 2. The van der Waals surface area contributed by atoms with Crippen LogP contribution in [0.5, 0.6) is 0 Å². The van der Waals surface area contributed by atoms with Gasteiger partial charge in [-0.3, -0.25) is 14.3 Å². The van der Waals surface area contributed by atoms with Crippen LogP contribution in [0.1, 0.15) is 39.0 Å². The maximum Gasteiger partial charge on any atom is 0.248 e. The molecule has 0 aromatic carbocycles. The number of hydrogen-bond acceptors (Lipinski definition) is 4. The number of carbonyl (C=O) groups is 2. The summed E-state index contributed by atoms with van der Waals surface area (Å²) < 4.78 is 1.75. The molecular weight excluding hydrogens is 306 g/mol. The molecule has 1 unspecified atom stereocenters. The lowest BCUT2D eigenvalue weighted by Crippen LogP contribution is -2.58. The third kappa shape index (κ3) is 3.31. The van der Waals surface area contributed by atoms with E-state index in [0.29, 0.717) is 12.8 Å². The number of likely N-dealkylation sites (tertiary alicyclic amines) is 1. The average Bonchev–Trinajstić information content (AvgIpc) is 3.17. The molecule has 1 aromatic heterocycles. The van der Waals surface area contributed by atoms with Gasteiger partial charge in [0.2, 0.25) is 11.8 Å². The van der Waals surface area contributed by atoms with Crippen molar-refractivity contribution in [3.05, 3.63) is 18.5 Å². The maximum absolute atomic E-state index is 13.0. The molecule has 1 aromatic rings. The van der Waals surface area contributed by atoms with Crippen molar-refractivity contribution in [3.8, 4) is 0 Å². The van der Waals surface area contributed by atoms with Crippen molar-refractivity contribution in [1.82, 2.24) is 25.3 Å². The van der Waals surface area contributed by atoms with Crippen molar-refractivity contribution >= 4 is 11.8 Å². The van der Waals surface area contributed by atoms with Gasteiger partial charge in [-0.15, -0.1) is 0 Å². The first-order valence-electron chi connectivity index (χ1n) is 8.94. The highest BCUT2D eigenvalue weighted by molar-refractivity contribution is 5.91. The van der Waals surface area contributed by atoms with Gasteiger partial charge in [-0.25, -0.2) is 0 Å². The van der Waals surface area contributed by atoms with E-state index in [9.17, 15) is 9.59 Å². The first kappa shape index (κ1) is 17.0. The SMILES string of the molecule is CC(NC(=O)C1(n2cccn2)CCNCC1)C(=O)N1CCCCC1.